The lowest BCUT2D eigenvalue weighted by atomic mass is 10.1. The van der Waals surface area contributed by atoms with Crippen molar-refractivity contribution in [3.63, 3.8) is 0 Å². The van der Waals surface area contributed by atoms with Crippen molar-refractivity contribution in [3.8, 4) is 22.9 Å². The van der Waals surface area contributed by atoms with Crippen molar-refractivity contribution in [2.45, 2.75) is 38.2 Å². The fourth-order valence-corrected chi connectivity index (χ4v) is 4.54. The summed E-state index contributed by atoms with van der Waals surface area (Å²) in [6, 6.07) is 14.9. The molecule has 5 rings (SSSR count). The van der Waals surface area contributed by atoms with Gasteiger partial charge in [0.15, 0.2) is 6.10 Å². The van der Waals surface area contributed by atoms with Crippen molar-refractivity contribution in [2.24, 2.45) is 0 Å². The molecule has 2 aromatic carbocycles. The van der Waals surface area contributed by atoms with Gasteiger partial charge in [-0.15, -0.1) is 0 Å². The van der Waals surface area contributed by atoms with E-state index in [2.05, 4.69) is 4.98 Å². The van der Waals surface area contributed by atoms with Crippen LogP contribution in [-0.4, -0.2) is 41.6 Å². The Morgan fingerprint density at radius 3 is 2.74 bits per heavy atom. The van der Waals surface area contributed by atoms with Gasteiger partial charge in [0.2, 0.25) is 0 Å². The molecule has 0 bridgehead atoms. The van der Waals surface area contributed by atoms with E-state index in [4.69, 9.17) is 42.1 Å². The first-order valence-electron chi connectivity index (χ1n) is 11.2. The molecule has 3 heterocycles. The first-order chi connectivity index (χ1) is 16.6. The zero-order valence-electron chi connectivity index (χ0n) is 18.4. The minimum atomic E-state index is -0.348. The third kappa shape index (κ3) is 5.23. The molecule has 34 heavy (non-hydrogen) atoms. The van der Waals surface area contributed by atoms with Gasteiger partial charge in [0, 0.05) is 18.2 Å². The highest BCUT2D eigenvalue weighted by Gasteiger charge is 2.27. The third-order valence-corrected chi connectivity index (χ3v) is 6.68. The molecule has 9 heteroatoms. The van der Waals surface area contributed by atoms with Crippen LogP contribution in [0.2, 0.25) is 10.0 Å². The van der Waals surface area contributed by atoms with Gasteiger partial charge in [-0.2, -0.15) is 4.98 Å². The maximum absolute atomic E-state index is 12.0. The average Bonchev–Trinajstić information content (AvgIpc) is 3.50. The minimum absolute atomic E-state index is 0.130. The predicted octanol–water partition coefficient (Wildman–Crippen LogP) is 4.75. The molecule has 1 saturated heterocycles. The Hall–Kier alpha value is -2.58. The van der Waals surface area contributed by atoms with Gasteiger partial charge in [0.25, 0.3) is 5.56 Å². The van der Waals surface area contributed by atoms with Crippen LogP contribution in [0.15, 0.2) is 53.3 Å². The molecular formula is C25H24Cl2N2O5. The van der Waals surface area contributed by atoms with Gasteiger partial charge in [-0.25, -0.2) is 0 Å². The second-order valence-electron chi connectivity index (χ2n) is 8.31. The molecule has 178 valence electrons. The maximum Gasteiger partial charge on any atom is 0.300 e. The quantitative estimate of drug-likeness (QED) is 0.442. The molecule has 0 spiro atoms. The molecule has 0 aliphatic carbocycles. The molecule has 0 N–H and O–H groups in total. The van der Waals surface area contributed by atoms with Crippen molar-refractivity contribution < 1.29 is 18.9 Å². The molecule has 7 nitrogen and oxygen atoms in total. The number of rotatable bonds is 8. The lowest BCUT2D eigenvalue weighted by molar-refractivity contribution is 0.00873. The van der Waals surface area contributed by atoms with E-state index in [9.17, 15) is 4.79 Å². The van der Waals surface area contributed by atoms with Crippen molar-refractivity contribution >= 4 is 23.2 Å². The van der Waals surface area contributed by atoms with Gasteiger partial charge in [-0.3, -0.25) is 9.36 Å². The Balaban J connectivity index is 1.18. The van der Waals surface area contributed by atoms with E-state index >= 15 is 0 Å². The van der Waals surface area contributed by atoms with E-state index in [1.165, 1.54) is 6.07 Å². The Labute approximate surface area is 207 Å². The third-order valence-electron chi connectivity index (χ3n) is 5.86. The second-order valence-corrected chi connectivity index (χ2v) is 9.09. The number of ether oxygens (including phenoxy) is 4. The van der Waals surface area contributed by atoms with Crippen LogP contribution in [0.3, 0.4) is 0 Å². The van der Waals surface area contributed by atoms with Crippen LogP contribution in [0.4, 0.5) is 0 Å². The number of aromatic nitrogens is 2. The number of nitrogens with zero attached hydrogens (tertiary/aromatic N) is 2. The summed E-state index contributed by atoms with van der Waals surface area (Å²) in [5.41, 5.74) is 2.19. The molecule has 1 fully saturated rings. The summed E-state index contributed by atoms with van der Waals surface area (Å²) < 4.78 is 25.0. The normalized spacial score (nSPS) is 19.1. The van der Waals surface area contributed by atoms with E-state index in [0.29, 0.717) is 48.2 Å². The van der Waals surface area contributed by atoms with E-state index < -0.39 is 0 Å². The van der Waals surface area contributed by atoms with Gasteiger partial charge in [0.1, 0.15) is 12.4 Å². The first kappa shape index (κ1) is 23.2. The molecule has 2 aliphatic heterocycles. The molecule has 2 aliphatic rings. The number of hydrogen-bond acceptors (Lipinski definition) is 6. The highest BCUT2D eigenvalue weighted by atomic mass is 35.5. The molecule has 0 amide bonds. The summed E-state index contributed by atoms with van der Waals surface area (Å²) in [7, 11) is 0. The van der Waals surface area contributed by atoms with Crippen LogP contribution in [0.5, 0.6) is 11.8 Å². The van der Waals surface area contributed by atoms with Gasteiger partial charge >= 0.3 is 6.01 Å². The Kier molecular flexibility index (Phi) is 7.06. The zero-order chi connectivity index (χ0) is 23.5. The number of benzene rings is 2. The van der Waals surface area contributed by atoms with Gasteiger partial charge in [0.05, 0.1) is 41.6 Å². The van der Waals surface area contributed by atoms with Gasteiger partial charge in [-0.05, 0) is 36.6 Å². The lowest BCUT2D eigenvalue weighted by Gasteiger charge is -2.13. The molecule has 0 radical (unpaired) electrons. The van der Waals surface area contributed by atoms with Crippen LogP contribution in [0.1, 0.15) is 18.5 Å². The van der Waals surface area contributed by atoms with E-state index in [0.717, 1.165) is 36.3 Å². The fourth-order valence-electron chi connectivity index (χ4n) is 4.13. The summed E-state index contributed by atoms with van der Waals surface area (Å²) in [6.45, 7) is 2.43. The summed E-state index contributed by atoms with van der Waals surface area (Å²) in [4.78, 5) is 16.0. The van der Waals surface area contributed by atoms with Crippen LogP contribution >= 0.6 is 23.2 Å². The molecule has 2 atom stereocenters. The van der Waals surface area contributed by atoms with Crippen LogP contribution < -0.4 is 15.0 Å². The number of halogens is 2. The standard InChI is InChI=1S/C25H24Cl2N2O5/c26-22-5-1-4-21(24(22)27)16-6-8-18(9-7-16)33-15-20-12-29-17(11-23(30)28-25(29)34-20)13-31-14-19-3-2-10-32-19/h1,4-9,11,19-20H,2-3,10,12-15H2. The van der Waals surface area contributed by atoms with Crippen LogP contribution in [0.25, 0.3) is 11.1 Å². The number of fused-ring (bicyclic) bond motifs is 1. The average molecular weight is 503 g/mol. The molecular weight excluding hydrogens is 479 g/mol. The van der Waals surface area contributed by atoms with Crippen LogP contribution in [0, 0.1) is 0 Å². The van der Waals surface area contributed by atoms with Crippen LogP contribution in [-0.2, 0) is 22.6 Å². The lowest BCUT2D eigenvalue weighted by Crippen LogP contribution is -2.23. The predicted molar refractivity (Wildman–Crippen MR) is 129 cm³/mol. The van der Waals surface area contributed by atoms with E-state index in [-0.39, 0.29) is 17.8 Å². The Morgan fingerprint density at radius 1 is 1.09 bits per heavy atom. The molecule has 2 unspecified atom stereocenters. The SMILES string of the molecule is O=c1cc(COCC2CCCO2)n2c(n1)OC(COc1ccc(-c3cccc(Cl)c3Cl)cc1)C2. The summed E-state index contributed by atoms with van der Waals surface area (Å²) in [5, 5.41) is 1.04. The van der Waals surface area contributed by atoms with Crippen molar-refractivity contribution in [1.82, 2.24) is 9.55 Å². The highest BCUT2D eigenvalue weighted by molar-refractivity contribution is 6.43. The topological polar surface area (TPSA) is 71.8 Å². The molecule has 1 aromatic heterocycles. The summed E-state index contributed by atoms with van der Waals surface area (Å²) >= 11 is 12.4. The highest BCUT2D eigenvalue weighted by Crippen LogP contribution is 2.34. The molecule has 0 saturated carbocycles. The van der Waals surface area contributed by atoms with Gasteiger partial charge < -0.3 is 18.9 Å². The smallest absolute Gasteiger partial charge is 0.300 e. The Morgan fingerprint density at radius 2 is 1.94 bits per heavy atom. The second kappa shape index (κ2) is 10.4. The van der Waals surface area contributed by atoms with Crippen molar-refractivity contribution in [2.75, 3.05) is 19.8 Å². The van der Waals surface area contributed by atoms with E-state index in [1.807, 2.05) is 41.0 Å². The zero-order valence-corrected chi connectivity index (χ0v) is 19.9. The van der Waals surface area contributed by atoms with Crippen molar-refractivity contribution in [1.29, 1.82) is 0 Å². The molecule has 3 aromatic rings. The monoisotopic (exact) mass is 502 g/mol. The maximum atomic E-state index is 12.0. The largest absolute Gasteiger partial charge is 0.490 e. The minimum Gasteiger partial charge on any atom is -0.490 e. The van der Waals surface area contributed by atoms with Crippen molar-refractivity contribution in [3.05, 3.63) is 74.6 Å². The number of hydrogen-bond donors (Lipinski definition) is 0. The summed E-state index contributed by atoms with van der Waals surface area (Å²) in [5.74, 6) is 0.698. The van der Waals surface area contributed by atoms with Gasteiger partial charge in [-0.1, -0.05) is 47.5 Å². The first-order valence-corrected chi connectivity index (χ1v) is 12.0. The van der Waals surface area contributed by atoms with E-state index in [1.54, 1.807) is 6.07 Å². The summed E-state index contributed by atoms with van der Waals surface area (Å²) in [6.07, 6.45) is 1.92. The Bertz CT molecular complexity index is 1210. The fraction of sp³-hybridized carbons (Fsp3) is 0.360.